The van der Waals surface area contributed by atoms with Crippen molar-refractivity contribution in [1.29, 1.82) is 0 Å². The Morgan fingerprint density at radius 2 is 1.09 bits per heavy atom. The van der Waals surface area contributed by atoms with Gasteiger partial charge in [0, 0.05) is 36.2 Å². The fourth-order valence-electron chi connectivity index (χ4n) is 2.30. The third kappa shape index (κ3) is 3.62. The molecule has 0 saturated carbocycles. The molecule has 3 heteroatoms. The van der Waals surface area contributed by atoms with Crippen molar-refractivity contribution in [2.45, 2.75) is 25.7 Å². The number of carbonyl (C=O) groups excluding carboxylic acids is 1. The largest absolute Gasteiger partial charge is 0.396 e. The number of aliphatic hydroxyl groups excluding tert-OH is 2. The SMILES string of the molecule is CC(CO)c1ccc(C(=O)c2ccc(C(C)CO)cc2)cc1. The van der Waals surface area contributed by atoms with E-state index in [0.717, 1.165) is 11.1 Å². The number of hydrogen-bond donors (Lipinski definition) is 2. The Morgan fingerprint density at radius 3 is 1.36 bits per heavy atom. The summed E-state index contributed by atoms with van der Waals surface area (Å²) >= 11 is 0. The number of ketones is 1. The first-order valence-electron chi connectivity index (χ1n) is 7.53. The quantitative estimate of drug-likeness (QED) is 0.806. The van der Waals surface area contributed by atoms with Gasteiger partial charge in [-0.15, -0.1) is 0 Å². The molecule has 2 aromatic rings. The van der Waals surface area contributed by atoms with E-state index in [9.17, 15) is 4.79 Å². The molecule has 0 aliphatic carbocycles. The van der Waals surface area contributed by atoms with Crippen LogP contribution in [-0.4, -0.2) is 29.2 Å². The van der Waals surface area contributed by atoms with E-state index in [0.29, 0.717) is 11.1 Å². The fraction of sp³-hybridized carbons (Fsp3) is 0.316. The number of aliphatic hydroxyl groups is 2. The predicted molar refractivity (Wildman–Crippen MR) is 87.3 cm³/mol. The molecular weight excluding hydrogens is 276 g/mol. The van der Waals surface area contributed by atoms with Crippen molar-refractivity contribution in [2.24, 2.45) is 0 Å². The third-order valence-electron chi connectivity index (χ3n) is 4.03. The molecule has 2 rings (SSSR count). The van der Waals surface area contributed by atoms with Crippen LogP contribution in [0.2, 0.25) is 0 Å². The lowest BCUT2D eigenvalue weighted by Crippen LogP contribution is -2.04. The van der Waals surface area contributed by atoms with Gasteiger partial charge >= 0.3 is 0 Å². The Kier molecular flexibility index (Phi) is 5.47. The molecule has 2 aromatic carbocycles. The van der Waals surface area contributed by atoms with E-state index in [2.05, 4.69) is 0 Å². The van der Waals surface area contributed by atoms with Gasteiger partial charge in [0.15, 0.2) is 5.78 Å². The van der Waals surface area contributed by atoms with E-state index in [1.165, 1.54) is 0 Å². The Hall–Kier alpha value is -1.97. The van der Waals surface area contributed by atoms with Crippen LogP contribution in [0, 0.1) is 0 Å². The van der Waals surface area contributed by atoms with Gasteiger partial charge < -0.3 is 10.2 Å². The molecule has 0 saturated heterocycles. The fourth-order valence-corrected chi connectivity index (χ4v) is 2.30. The molecule has 0 heterocycles. The van der Waals surface area contributed by atoms with Gasteiger partial charge in [-0.05, 0) is 11.1 Å². The molecule has 116 valence electrons. The summed E-state index contributed by atoms with van der Waals surface area (Å²) in [6.45, 7) is 4.07. The molecule has 0 radical (unpaired) electrons. The summed E-state index contributed by atoms with van der Waals surface area (Å²) < 4.78 is 0. The number of carbonyl (C=O) groups is 1. The first kappa shape index (κ1) is 16.4. The van der Waals surface area contributed by atoms with Crippen LogP contribution < -0.4 is 0 Å². The number of rotatable bonds is 6. The van der Waals surface area contributed by atoms with Crippen molar-refractivity contribution in [3.63, 3.8) is 0 Å². The van der Waals surface area contributed by atoms with Gasteiger partial charge in [0.1, 0.15) is 0 Å². The summed E-state index contributed by atoms with van der Waals surface area (Å²) in [6, 6.07) is 14.7. The summed E-state index contributed by atoms with van der Waals surface area (Å²) in [7, 11) is 0. The summed E-state index contributed by atoms with van der Waals surface area (Å²) in [5, 5.41) is 18.3. The van der Waals surface area contributed by atoms with Crippen molar-refractivity contribution >= 4 is 5.78 Å². The molecule has 0 spiro atoms. The normalized spacial score (nSPS) is 13.6. The van der Waals surface area contributed by atoms with Crippen LogP contribution in [0.3, 0.4) is 0 Å². The highest BCUT2D eigenvalue weighted by molar-refractivity contribution is 6.09. The van der Waals surface area contributed by atoms with E-state index in [-0.39, 0.29) is 30.8 Å². The molecule has 0 aliphatic rings. The Balaban J connectivity index is 2.17. The molecule has 0 aromatic heterocycles. The molecule has 0 aliphatic heterocycles. The highest BCUT2D eigenvalue weighted by Crippen LogP contribution is 2.19. The van der Waals surface area contributed by atoms with E-state index in [1.807, 2.05) is 38.1 Å². The first-order chi connectivity index (χ1) is 10.6. The second-order valence-electron chi connectivity index (χ2n) is 5.74. The van der Waals surface area contributed by atoms with Crippen molar-refractivity contribution in [3.05, 3.63) is 70.8 Å². The smallest absolute Gasteiger partial charge is 0.193 e. The van der Waals surface area contributed by atoms with E-state index >= 15 is 0 Å². The van der Waals surface area contributed by atoms with Crippen molar-refractivity contribution < 1.29 is 15.0 Å². The lowest BCUT2D eigenvalue weighted by molar-refractivity contribution is 0.103. The van der Waals surface area contributed by atoms with Crippen LogP contribution in [0.1, 0.15) is 52.7 Å². The highest BCUT2D eigenvalue weighted by Gasteiger charge is 2.11. The summed E-state index contributed by atoms with van der Waals surface area (Å²) in [4.78, 5) is 12.4. The van der Waals surface area contributed by atoms with Gasteiger partial charge in [-0.3, -0.25) is 4.79 Å². The minimum atomic E-state index is -0.0218. The molecule has 2 N–H and O–H groups in total. The third-order valence-corrected chi connectivity index (χ3v) is 4.03. The average Bonchev–Trinajstić information content (AvgIpc) is 2.60. The molecule has 22 heavy (non-hydrogen) atoms. The van der Waals surface area contributed by atoms with Gasteiger partial charge in [0.25, 0.3) is 0 Å². The van der Waals surface area contributed by atoms with Crippen molar-refractivity contribution in [2.75, 3.05) is 13.2 Å². The van der Waals surface area contributed by atoms with Crippen molar-refractivity contribution in [1.82, 2.24) is 0 Å². The van der Waals surface area contributed by atoms with Crippen LogP contribution in [0.5, 0.6) is 0 Å². The summed E-state index contributed by atoms with van der Waals surface area (Å²) in [6.07, 6.45) is 0. The average molecular weight is 298 g/mol. The van der Waals surface area contributed by atoms with Crippen LogP contribution in [0.15, 0.2) is 48.5 Å². The Labute approximate surface area is 131 Å². The lowest BCUT2D eigenvalue weighted by Gasteiger charge is -2.10. The van der Waals surface area contributed by atoms with Crippen molar-refractivity contribution in [3.8, 4) is 0 Å². The van der Waals surface area contributed by atoms with Gasteiger partial charge in [-0.2, -0.15) is 0 Å². The maximum absolute atomic E-state index is 12.4. The summed E-state index contributed by atoms with van der Waals surface area (Å²) in [5.74, 6) is 0.123. The second-order valence-corrected chi connectivity index (χ2v) is 5.74. The van der Waals surface area contributed by atoms with Crippen LogP contribution in [0.4, 0.5) is 0 Å². The lowest BCUT2D eigenvalue weighted by atomic mass is 9.95. The standard InChI is InChI=1S/C19H22O3/c1-13(11-20)15-3-7-17(8-4-15)19(22)18-9-5-16(6-10-18)14(2)12-21/h3-10,13-14,20-21H,11-12H2,1-2H3. The second kappa shape index (κ2) is 7.34. The number of hydrogen-bond acceptors (Lipinski definition) is 3. The van der Waals surface area contributed by atoms with E-state index < -0.39 is 0 Å². The molecule has 2 atom stereocenters. The van der Waals surface area contributed by atoms with Gasteiger partial charge in [0.2, 0.25) is 0 Å². The van der Waals surface area contributed by atoms with Crippen LogP contribution in [-0.2, 0) is 0 Å². The topological polar surface area (TPSA) is 57.5 Å². The molecular formula is C19H22O3. The monoisotopic (exact) mass is 298 g/mol. The summed E-state index contributed by atoms with van der Waals surface area (Å²) in [5.41, 5.74) is 3.31. The number of benzene rings is 2. The Morgan fingerprint density at radius 1 is 0.773 bits per heavy atom. The minimum absolute atomic E-state index is 0.0218. The Bertz CT molecular complexity index is 559. The van der Waals surface area contributed by atoms with E-state index in [4.69, 9.17) is 10.2 Å². The molecule has 2 unspecified atom stereocenters. The molecule has 3 nitrogen and oxygen atoms in total. The predicted octanol–water partition coefficient (Wildman–Crippen LogP) is 3.11. The van der Waals surface area contributed by atoms with Crippen LogP contribution in [0.25, 0.3) is 0 Å². The first-order valence-corrected chi connectivity index (χ1v) is 7.53. The minimum Gasteiger partial charge on any atom is -0.396 e. The molecule has 0 amide bonds. The zero-order valence-electron chi connectivity index (χ0n) is 13.0. The van der Waals surface area contributed by atoms with Gasteiger partial charge in [0.05, 0.1) is 0 Å². The van der Waals surface area contributed by atoms with Gasteiger partial charge in [-0.25, -0.2) is 0 Å². The zero-order chi connectivity index (χ0) is 16.1. The molecule has 0 bridgehead atoms. The van der Waals surface area contributed by atoms with Gasteiger partial charge in [-0.1, -0.05) is 62.4 Å². The maximum Gasteiger partial charge on any atom is 0.193 e. The maximum atomic E-state index is 12.4. The van der Waals surface area contributed by atoms with Crippen LogP contribution >= 0.6 is 0 Å². The zero-order valence-corrected chi connectivity index (χ0v) is 13.0. The highest BCUT2D eigenvalue weighted by atomic mass is 16.3. The molecule has 0 fully saturated rings. The van der Waals surface area contributed by atoms with E-state index in [1.54, 1.807) is 24.3 Å².